The maximum absolute atomic E-state index is 10.4. The van der Waals surface area contributed by atoms with Gasteiger partial charge in [-0.3, -0.25) is 0 Å². The van der Waals surface area contributed by atoms with E-state index in [0.717, 1.165) is 29.1 Å². The van der Waals surface area contributed by atoms with Crippen molar-refractivity contribution >= 4 is 17.9 Å². The summed E-state index contributed by atoms with van der Waals surface area (Å²) in [5, 5.41) is 0.999. The lowest BCUT2D eigenvalue weighted by atomic mass is 9.49. The van der Waals surface area contributed by atoms with Gasteiger partial charge < -0.3 is 4.79 Å². The van der Waals surface area contributed by atoms with Gasteiger partial charge in [-0.1, -0.05) is 17.7 Å². The van der Waals surface area contributed by atoms with Crippen LogP contribution in [0.1, 0.15) is 44.9 Å². The third-order valence-electron chi connectivity index (χ3n) is 4.94. The van der Waals surface area contributed by atoms with E-state index in [9.17, 15) is 4.79 Å². The molecule has 4 rings (SSSR count). The van der Waals surface area contributed by atoms with Crippen LogP contribution in [-0.4, -0.2) is 6.29 Å². The highest BCUT2D eigenvalue weighted by Crippen LogP contribution is 2.63. The Morgan fingerprint density at radius 1 is 1.12 bits per heavy atom. The molecule has 4 saturated carbocycles. The Morgan fingerprint density at radius 3 is 2.06 bits per heavy atom. The van der Waals surface area contributed by atoms with E-state index in [1.165, 1.54) is 38.5 Å². The van der Waals surface area contributed by atoms with Crippen molar-refractivity contribution in [3.05, 3.63) is 11.1 Å². The molecule has 0 aromatic carbocycles. The third-order valence-corrected chi connectivity index (χ3v) is 5.49. The number of allylic oxidation sites excluding steroid dienone is 2. The molecule has 0 radical (unpaired) electrons. The average Bonchev–Trinajstić information content (AvgIpc) is 2.24. The van der Waals surface area contributed by atoms with Crippen molar-refractivity contribution in [3.8, 4) is 0 Å². The van der Waals surface area contributed by atoms with Gasteiger partial charge in [0.2, 0.25) is 0 Å². The summed E-state index contributed by atoms with van der Waals surface area (Å²) in [4.78, 5) is 10.4. The molecule has 4 bridgehead atoms. The highest BCUT2D eigenvalue weighted by molar-refractivity contribution is 6.30. The number of carbonyl (C=O) groups is 1. The highest BCUT2D eigenvalue weighted by atomic mass is 35.5. The number of aldehydes is 1. The Balaban J connectivity index is 1.85. The first-order valence-corrected chi connectivity index (χ1v) is 6.89. The van der Waals surface area contributed by atoms with E-state index < -0.39 is 0 Å². The molecule has 16 heavy (non-hydrogen) atoms. The van der Waals surface area contributed by atoms with Gasteiger partial charge in [0, 0.05) is 16.9 Å². The highest BCUT2D eigenvalue weighted by Gasteiger charge is 2.52. The van der Waals surface area contributed by atoms with Crippen LogP contribution < -0.4 is 0 Å². The number of hydrogen-bond acceptors (Lipinski definition) is 1. The first-order chi connectivity index (χ1) is 7.72. The number of hydrogen-bond donors (Lipinski definition) is 0. The monoisotopic (exact) mass is 238 g/mol. The molecular weight excluding hydrogens is 220 g/mol. The Kier molecular flexibility index (Phi) is 2.62. The van der Waals surface area contributed by atoms with E-state index in [4.69, 9.17) is 11.6 Å². The fourth-order valence-electron chi connectivity index (χ4n) is 4.77. The lowest BCUT2D eigenvalue weighted by Crippen LogP contribution is -2.46. The first-order valence-electron chi connectivity index (χ1n) is 6.51. The zero-order valence-electron chi connectivity index (χ0n) is 9.62. The van der Waals surface area contributed by atoms with E-state index in [0.29, 0.717) is 6.42 Å². The van der Waals surface area contributed by atoms with Crippen LogP contribution in [0.2, 0.25) is 0 Å². The molecule has 0 aromatic rings. The van der Waals surface area contributed by atoms with Crippen molar-refractivity contribution < 1.29 is 4.79 Å². The topological polar surface area (TPSA) is 17.1 Å². The summed E-state index contributed by atoms with van der Waals surface area (Å²) in [6.45, 7) is 0. The maximum Gasteiger partial charge on any atom is 0.123 e. The number of carbonyl (C=O) groups excluding carboxylic acids is 1. The van der Waals surface area contributed by atoms with Crippen LogP contribution in [0.3, 0.4) is 0 Å². The van der Waals surface area contributed by atoms with Crippen LogP contribution in [0.25, 0.3) is 0 Å². The van der Waals surface area contributed by atoms with Crippen LogP contribution in [0.4, 0.5) is 0 Å². The Bertz CT molecular complexity index is 296. The predicted octanol–water partition coefficient (Wildman–Crippen LogP) is 3.91. The molecule has 0 aromatic heterocycles. The largest absolute Gasteiger partial charge is 0.303 e. The van der Waals surface area contributed by atoms with Gasteiger partial charge in [0.1, 0.15) is 6.29 Å². The SMILES string of the molecule is O=CC/C=C(\Cl)C12CC3CC(CC(C3)C1)C2. The molecule has 0 unspecified atom stereocenters. The second kappa shape index (κ2) is 3.87. The van der Waals surface area contributed by atoms with Crippen LogP contribution in [0.15, 0.2) is 11.1 Å². The molecule has 0 N–H and O–H groups in total. The normalized spacial score (nSPS) is 46.1. The van der Waals surface area contributed by atoms with Gasteiger partial charge in [0.05, 0.1) is 0 Å². The van der Waals surface area contributed by atoms with Crippen molar-refractivity contribution in [1.29, 1.82) is 0 Å². The quantitative estimate of drug-likeness (QED) is 0.682. The maximum atomic E-state index is 10.4. The summed E-state index contributed by atoms with van der Waals surface area (Å²) in [5.41, 5.74) is 0.277. The smallest absolute Gasteiger partial charge is 0.123 e. The molecule has 0 heterocycles. The lowest BCUT2D eigenvalue weighted by Gasteiger charge is -2.56. The lowest BCUT2D eigenvalue weighted by molar-refractivity contribution is -0.107. The van der Waals surface area contributed by atoms with Crippen LogP contribution in [0.5, 0.6) is 0 Å². The Hall–Kier alpha value is -0.300. The van der Waals surface area contributed by atoms with Crippen molar-refractivity contribution in [2.45, 2.75) is 44.9 Å². The molecule has 4 aliphatic rings. The second-order valence-corrected chi connectivity index (χ2v) is 6.56. The van der Waals surface area contributed by atoms with Gasteiger partial charge in [0.25, 0.3) is 0 Å². The molecule has 0 saturated heterocycles. The van der Waals surface area contributed by atoms with Crippen molar-refractivity contribution in [2.75, 3.05) is 0 Å². The molecule has 2 heteroatoms. The van der Waals surface area contributed by atoms with E-state index in [1.54, 1.807) is 0 Å². The van der Waals surface area contributed by atoms with Crippen molar-refractivity contribution in [2.24, 2.45) is 23.2 Å². The first kappa shape index (κ1) is 10.8. The zero-order valence-corrected chi connectivity index (χ0v) is 10.4. The standard InChI is InChI=1S/C14H19ClO/c15-13(2-1-3-16)14-7-10-4-11(8-14)6-12(5-10)9-14/h2-3,10-12H,1,4-9H2/b13-2-. The van der Waals surface area contributed by atoms with E-state index in [1.807, 2.05) is 6.08 Å². The summed E-state index contributed by atoms with van der Waals surface area (Å²) in [5.74, 6) is 2.76. The Labute approximate surface area is 102 Å². The molecule has 4 aliphatic carbocycles. The molecule has 0 amide bonds. The average molecular weight is 239 g/mol. The molecule has 0 spiro atoms. The number of rotatable bonds is 3. The second-order valence-electron chi connectivity index (χ2n) is 6.15. The van der Waals surface area contributed by atoms with Gasteiger partial charge in [-0.15, -0.1) is 0 Å². The fourth-order valence-corrected chi connectivity index (χ4v) is 5.09. The molecule has 88 valence electrons. The summed E-state index contributed by atoms with van der Waals surface area (Å²) < 4.78 is 0. The van der Waals surface area contributed by atoms with E-state index >= 15 is 0 Å². The number of halogens is 1. The van der Waals surface area contributed by atoms with Gasteiger partial charge in [-0.05, 0) is 56.3 Å². The van der Waals surface area contributed by atoms with Crippen molar-refractivity contribution in [3.63, 3.8) is 0 Å². The zero-order chi connectivity index (χ0) is 11.2. The van der Waals surface area contributed by atoms with Gasteiger partial charge in [-0.25, -0.2) is 0 Å². The summed E-state index contributed by atoms with van der Waals surface area (Å²) in [6, 6.07) is 0. The third kappa shape index (κ3) is 1.64. The molecule has 1 nitrogen and oxygen atoms in total. The summed E-state index contributed by atoms with van der Waals surface area (Å²) >= 11 is 6.48. The minimum absolute atomic E-state index is 0.277. The predicted molar refractivity (Wildman–Crippen MR) is 65.2 cm³/mol. The fraction of sp³-hybridized carbons (Fsp3) is 0.786. The summed E-state index contributed by atoms with van der Waals surface area (Å²) in [7, 11) is 0. The van der Waals surface area contributed by atoms with Crippen LogP contribution in [-0.2, 0) is 4.79 Å². The minimum atomic E-state index is 0.277. The molecule has 0 atom stereocenters. The van der Waals surface area contributed by atoms with Crippen molar-refractivity contribution in [1.82, 2.24) is 0 Å². The minimum Gasteiger partial charge on any atom is -0.303 e. The molecular formula is C14H19ClO. The van der Waals surface area contributed by atoms with Gasteiger partial charge >= 0.3 is 0 Å². The molecule has 4 fully saturated rings. The van der Waals surface area contributed by atoms with Crippen LogP contribution in [0, 0.1) is 23.2 Å². The van der Waals surface area contributed by atoms with E-state index in [2.05, 4.69) is 0 Å². The Morgan fingerprint density at radius 2 is 1.62 bits per heavy atom. The summed E-state index contributed by atoms with van der Waals surface area (Å²) in [6.07, 6.45) is 11.6. The van der Waals surface area contributed by atoms with Gasteiger partial charge in [-0.2, -0.15) is 0 Å². The van der Waals surface area contributed by atoms with E-state index in [-0.39, 0.29) is 5.41 Å². The van der Waals surface area contributed by atoms with Gasteiger partial charge in [0.15, 0.2) is 0 Å². The molecule has 0 aliphatic heterocycles. The van der Waals surface area contributed by atoms with Crippen LogP contribution >= 0.6 is 11.6 Å².